The minimum atomic E-state index is 0.452. The number of nitrogens with zero attached hydrogens (tertiary/aromatic N) is 2. The number of imidazole rings is 1. The van der Waals surface area contributed by atoms with Crippen LogP contribution in [0.15, 0.2) is 73.1 Å². The molecule has 0 aliphatic carbocycles. The minimum absolute atomic E-state index is 0.452. The van der Waals surface area contributed by atoms with Gasteiger partial charge in [0.1, 0.15) is 5.82 Å². The van der Waals surface area contributed by atoms with Crippen molar-refractivity contribution in [3.8, 4) is 0 Å². The Bertz CT molecular complexity index is 807. The molecule has 0 aliphatic rings. The van der Waals surface area contributed by atoms with Crippen molar-refractivity contribution in [1.82, 2.24) is 9.55 Å². The van der Waals surface area contributed by atoms with Gasteiger partial charge in [0.15, 0.2) is 0 Å². The molecular formula is C28H38N2. The van der Waals surface area contributed by atoms with Crippen LogP contribution < -0.4 is 0 Å². The Balaban J connectivity index is 1.55. The number of hydrogen-bond acceptors (Lipinski definition) is 1. The standard InChI is InChI=1S/C28H38N2/c1-2-3-4-5-6-7-8-15-21-30-22-20-29-28(30)24-27(26-18-13-10-14-19-26)23-25-16-11-9-12-17-25/h9-14,16-20,22,27H,2-8,15,21,23-24H2,1H3. The van der Waals surface area contributed by atoms with Crippen LogP contribution in [0.25, 0.3) is 0 Å². The normalized spacial score (nSPS) is 12.2. The fraction of sp³-hybridized carbons (Fsp3) is 0.464. The molecule has 0 aliphatic heterocycles. The summed E-state index contributed by atoms with van der Waals surface area (Å²) in [7, 11) is 0. The first-order chi connectivity index (χ1) is 14.9. The van der Waals surface area contributed by atoms with Gasteiger partial charge < -0.3 is 4.57 Å². The van der Waals surface area contributed by atoms with Crippen LogP contribution in [0.2, 0.25) is 0 Å². The first-order valence-electron chi connectivity index (χ1n) is 12.0. The van der Waals surface area contributed by atoms with Gasteiger partial charge in [0.2, 0.25) is 0 Å². The smallest absolute Gasteiger partial charge is 0.109 e. The number of aryl methyl sites for hydroxylation is 1. The highest BCUT2D eigenvalue weighted by Crippen LogP contribution is 2.25. The SMILES string of the molecule is CCCCCCCCCCn1ccnc1CC(Cc1ccccc1)c1ccccc1. The van der Waals surface area contributed by atoms with Crippen molar-refractivity contribution in [1.29, 1.82) is 0 Å². The summed E-state index contributed by atoms with van der Waals surface area (Å²) in [6, 6.07) is 21.8. The molecule has 0 amide bonds. The van der Waals surface area contributed by atoms with E-state index in [2.05, 4.69) is 78.4 Å². The van der Waals surface area contributed by atoms with E-state index < -0.39 is 0 Å². The lowest BCUT2D eigenvalue weighted by Gasteiger charge is -2.18. The average molecular weight is 403 g/mol. The van der Waals surface area contributed by atoms with E-state index in [1.54, 1.807) is 0 Å². The second-order valence-corrected chi connectivity index (χ2v) is 8.51. The molecule has 0 saturated heterocycles. The summed E-state index contributed by atoms with van der Waals surface area (Å²) in [5.74, 6) is 1.68. The molecule has 0 fully saturated rings. The highest BCUT2D eigenvalue weighted by molar-refractivity contribution is 5.25. The van der Waals surface area contributed by atoms with Crippen LogP contribution in [-0.2, 0) is 19.4 Å². The van der Waals surface area contributed by atoms with Gasteiger partial charge in [0.05, 0.1) is 0 Å². The molecule has 30 heavy (non-hydrogen) atoms. The van der Waals surface area contributed by atoms with Gasteiger partial charge in [-0.1, -0.05) is 113 Å². The topological polar surface area (TPSA) is 17.8 Å². The molecule has 0 spiro atoms. The van der Waals surface area contributed by atoms with E-state index in [4.69, 9.17) is 4.98 Å². The molecular weight excluding hydrogens is 364 g/mol. The Morgan fingerprint density at radius 1 is 0.733 bits per heavy atom. The Morgan fingerprint density at radius 3 is 2.07 bits per heavy atom. The molecule has 3 rings (SSSR count). The maximum Gasteiger partial charge on any atom is 0.109 e. The largest absolute Gasteiger partial charge is 0.335 e. The lowest BCUT2D eigenvalue weighted by molar-refractivity contribution is 0.526. The van der Waals surface area contributed by atoms with Crippen molar-refractivity contribution in [2.45, 2.75) is 83.6 Å². The zero-order valence-corrected chi connectivity index (χ0v) is 18.7. The summed E-state index contributed by atoms with van der Waals surface area (Å²) < 4.78 is 2.39. The average Bonchev–Trinajstić information content (AvgIpc) is 3.23. The van der Waals surface area contributed by atoms with Crippen LogP contribution in [-0.4, -0.2) is 9.55 Å². The highest BCUT2D eigenvalue weighted by Gasteiger charge is 2.16. The van der Waals surface area contributed by atoms with Gasteiger partial charge in [0.25, 0.3) is 0 Å². The number of hydrogen-bond donors (Lipinski definition) is 0. The third-order valence-electron chi connectivity index (χ3n) is 6.08. The molecule has 0 bridgehead atoms. The van der Waals surface area contributed by atoms with E-state index in [0.717, 1.165) is 19.4 Å². The predicted molar refractivity (Wildman–Crippen MR) is 128 cm³/mol. The molecule has 0 radical (unpaired) electrons. The molecule has 3 aromatic rings. The molecule has 2 aromatic carbocycles. The summed E-state index contributed by atoms with van der Waals surface area (Å²) in [6.07, 6.45) is 17.1. The van der Waals surface area contributed by atoms with E-state index >= 15 is 0 Å². The fourth-order valence-corrected chi connectivity index (χ4v) is 4.30. The second kappa shape index (κ2) is 13.1. The van der Waals surface area contributed by atoms with Gasteiger partial charge in [-0.15, -0.1) is 0 Å². The zero-order chi connectivity index (χ0) is 20.9. The van der Waals surface area contributed by atoms with Gasteiger partial charge in [-0.25, -0.2) is 4.98 Å². The fourth-order valence-electron chi connectivity index (χ4n) is 4.30. The Hall–Kier alpha value is -2.35. The molecule has 0 saturated carbocycles. The van der Waals surface area contributed by atoms with Gasteiger partial charge in [0, 0.05) is 25.4 Å². The van der Waals surface area contributed by atoms with Crippen LogP contribution in [0.4, 0.5) is 0 Å². The number of aromatic nitrogens is 2. The third-order valence-corrected chi connectivity index (χ3v) is 6.08. The Morgan fingerprint density at radius 2 is 1.37 bits per heavy atom. The van der Waals surface area contributed by atoms with Crippen molar-refractivity contribution in [2.75, 3.05) is 0 Å². The summed E-state index contributed by atoms with van der Waals surface area (Å²) >= 11 is 0. The maximum absolute atomic E-state index is 4.73. The molecule has 1 aromatic heterocycles. The molecule has 2 nitrogen and oxygen atoms in total. The Labute approximate surface area is 183 Å². The van der Waals surface area contributed by atoms with E-state index in [1.807, 2.05) is 6.20 Å². The maximum atomic E-state index is 4.73. The molecule has 1 unspecified atom stereocenters. The molecule has 2 heteroatoms. The number of unbranched alkanes of at least 4 members (excludes halogenated alkanes) is 7. The first kappa shape index (κ1) is 22.3. The van der Waals surface area contributed by atoms with Crippen molar-refractivity contribution in [3.05, 3.63) is 90.0 Å². The Kier molecular flexibility index (Phi) is 9.72. The molecule has 1 atom stereocenters. The van der Waals surface area contributed by atoms with E-state index in [1.165, 1.54) is 68.3 Å². The van der Waals surface area contributed by atoms with Gasteiger partial charge in [-0.05, 0) is 29.9 Å². The van der Waals surface area contributed by atoms with Crippen molar-refractivity contribution in [2.24, 2.45) is 0 Å². The molecule has 1 heterocycles. The zero-order valence-electron chi connectivity index (χ0n) is 18.7. The second-order valence-electron chi connectivity index (χ2n) is 8.51. The summed E-state index contributed by atoms with van der Waals surface area (Å²) in [5.41, 5.74) is 2.80. The van der Waals surface area contributed by atoms with Crippen molar-refractivity contribution >= 4 is 0 Å². The predicted octanol–water partition coefficient (Wildman–Crippen LogP) is 7.59. The number of benzene rings is 2. The van der Waals surface area contributed by atoms with Crippen LogP contribution in [0.5, 0.6) is 0 Å². The minimum Gasteiger partial charge on any atom is -0.335 e. The molecule has 0 N–H and O–H groups in total. The van der Waals surface area contributed by atoms with Crippen LogP contribution in [0.1, 0.15) is 81.2 Å². The summed E-state index contributed by atoms with van der Waals surface area (Å²) in [4.78, 5) is 4.73. The summed E-state index contributed by atoms with van der Waals surface area (Å²) in [5, 5.41) is 0. The van der Waals surface area contributed by atoms with E-state index in [9.17, 15) is 0 Å². The monoisotopic (exact) mass is 402 g/mol. The lowest BCUT2D eigenvalue weighted by atomic mass is 9.89. The van der Waals surface area contributed by atoms with Gasteiger partial charge >= 0.3 is 0 Å². The van der Waals surface area contributed by atoms with E-state index in [0.29, 0.717) is 5.92 Å². The summed E-state index contributed by atoms with van der Waals surface area (Å²) in [6.45, 7) is 3.38. The first-order valence-corrected chi connectivity index (χ1v) is 12.0. The van der Waals surface area contributed by atoms with Crippen LogP contribution in [0, 0.1) is 0 Å². The quantitative estimate of drug-likeness (QED) is 0.254. The van der Waals surface area contributed by atoms with Gasteiger partial charge in [-0.3, -0.25) is 0 Å². The van der Waals surface area contributed by atoms with Crippen LogP contribution in [0.3, 0.4) is 0 Å². The van der Waals surface area contributed by atoms with Crippen molar-refractivity contribution in [3.63, 3.8) is 0 Å². The van der Waals surface area contributed by atoms with Gasteiger partial charge in [-0.2, -0.15) is 0 Å². The third kappa shape index (κ3) is 7.48. The van der Waals surface area contributed by atoms with Crippen LogP contribution >= 0.6 is 0 Å². The highest BCUT2D eigenvalue weighted by atomic mass is 15.1. The van der Waals surface area contributed by atoms with Crippen molar-refractivity contribution < 1.29 is 0 Å². The molecule has 160 valence electrons. The van der Waals surface area contributed by atoms with E-state index in [-0.39, 0.29) is 0 Å². The number of rotatable bonds is 14. The lowest BCUT2D eigenvalue weighted by Crippen LogP contribution is -2.12.